The number of carbonyl (C=O) groups is 1. The molecule has 0 spiro atoms. The summed E-state index contributed by atoms with van der Waals surface area (Å²) in [6.07, 6.45) is 3.09. The van der Waals surface area contributed by atoms with Gasteiger partial charge in [-0.25, -0.2) is 9.18 Å². The summed E-state index contributed by atoms with van der Waals surface area (Å²) in [5.41, 5.74) is 0.256. The molecule has 1 heterocycles. The SMILES string of the molecule is Cc1cnccc1Oc1cccc(F)c1C(=O)O. The lowest BCUT2D eigenvalue weighted by Crippen LogP contribution is -2.03. The molecule has 1 aromatic carbocycles. The first kappa shape index (κ1) is 12.0. The fourth-order valence-corrected chi connectivity index (χ4v) is 1.49. The quantitative estimate of drug-likeness (QED) is 0.905. The molecule has 1 aromatic heterocycles. The zero-order valence-electron chi connectivity index (χ0n) is 9.55. The Morgan fingerprint density at radius 3 is 2.78 bits per heavy atom. The molecule has 0 aliphatic rings. The van der Waals surface area contributed by atoms with E-state index in [0.29, 0.717) is 5.75 Å². The third-order valence-electron chi connectivity index (χ3n) is 2.38. The highest BCUT2D eigenvalue weighted by atomic mass is 19.1. The summed E-state index contributed by atoms with van der Waals surface area (Å²) in [5.74, 6) is -1.78. The number of hydrogen-bond acceptors (Lipinski definition) is 3. The summed E-state index contributed by atoms with van der Waals surface area (Å²) in [6.45, 7) is 1.77. The minimum Gasteiger partial charge on any atom is -0.477 e. The van der Waals surface area contributed by atoms with Crippen LogP contribution in [0.5, 0.6) is 11.5 Å². The van der Waals surface area contributed by atoms with Crippen LogP contribution in [0.15, 0.2) is 36.7 Å². The number of halogens is 1. The lowest BCUT2D eigenvalue weighted by atomic mass is 10.2. The van der Waals surface area contributed by atoms with Crippen LogP contribution in [0.4, 0.5) is 4.39 Å². The molecule has 0 bridgehead atoms. The van der Waals surface area contributed by atoms with Gasteiger partial charge in [0.15, 0.2) is 0 Å². The Morgan fingerprint density at radius 1 is 1.33 bits per heavy atom. The molecule has 2 aromatic rings. The highest BCUT2D eigenvalue weighted by molar-refractivity contribution is 5.91. The van der Waals surface area contributed by atoms with Crippen molar-refractivity contribution in [3.63, 3.8) is 0 Å². The highest BCUT2D eigenvalue weighted by Gasteiger charge is 2.17. The van der Waals surface area contributed by atoms with Crippen molar-refractivity contribution in [2.24, 2.45) is 0 Å². The number of carboxylic acid groups (broad SMARTS) is 1. The van der Waals surface area contributed by atoms with Gasteiger partial charge < -0.3 is 9.84 Å². The van der Waals surface area contributed by atoms with Crippen molar-refractivity contribution in [3.05, 3.63) is 53.6 Å². The van der Waals surface area contributed by atoms with E-state index in [1.54, 1.807) is 19.2 Å². The Kier molecular flexibility index (Phi) is 3.23. The second kappa shape index (κ2) is 4.83. The predicted octanol–water partition coefficient (Wildman–Crippen LogP) is 3.02. The van der Waals surface area contributed by atoms with Crippen molar-refractivity contribution in [2.45, 2.75) is 6.92 Å². The van der Waals surface area contributed by atoms with E-state index in [1.165, 1.54) is 18.3 Å². The summed E-state index contributed by atoms with van der Waals surface area (Å²) in [6, 6.07) is 5.47. The first-order chi connectivity index (χ1) is 8.59. The Balaban J connectivity index is 2.44. The van der Waals surface area contributed by atoms with E-state index in [9.17, 15) is 9.18 Å². The van der Waals surface area contributed by atoms with Crippen molar-refractivity contribution in [3.8, 4) is 11.5 Å². The number of aryl methyl sites for hydroxylation is 1. The molecule has 2 rings (SSSR count). The Bertz CT molecular complexity index is 599. The van der Waals surface area contributed by atoms with Gasteiger partial charge >= 0.3 is 5.97 Å². The summed E-state index contributed by atoms with van der Waals surface area (Å²) >= 11 is 0. The van der Waals surface area contributed by atoms with Crippen LogP contribution in [-0.2, 0) is 0 Å². The van der Waals surface area contributed by atoms with Crippen LogP contribution in [0.2, 0.25) is 0 Å². The second-order valence-corrected chi connectivity index (χ2v) is 3.66. The first-order valence-corrected chi connectivity index (χ1v) is 5.20. The molecule has 0 atom stereocenters. The van der Waals surface area contributed by atoms with Crippen molar-refractivity contribution >= 4 is 5.97 Å². The minimum absolute atomic E-state index is 0.0307. The molecule has 0 fully saturated rings. The molecule has 0 saturated carbocycles. The highest BCUT2D eigenvalue weighted by Crippen LogP contribution is 2.28. The van der Waals surface area contributed by atoms with E-state index in [-0.39, 0.29) is 5.75 Å². The standard InChI is InChI=1S/C13H10FNO3/c1-8-7-15-6-5-10(8)18-11-4-2-3-9(14)12(11)13(16)17/h2-7H,1H3,(H,16,17). The maximum absolute atomic E-state index is 13.4. The first-order valence-electron chi connectivity index (χ1n) is 5.20. The van der Waals surface area contributed by atoms with Crippen LogP contribution in [0.1, 0.15) is 15.9 Å². The van der Waals surface area contributed by atoms with Gasteiger partial charge in [-0.2, -0.15) is 0 Å². The number of aromatic nitrogens is 1. The number of rotatable bonds is 3. The van der Waals surface area contributed by atoms with Crippen molar-refractivity contribution < 1.29 is 19.0 Å². The third kappa shape index (κ3) is 2.29. The number of pyridine rings is 1. The van der Waals surface area contributed by atoms with Crippen LogP contribution in [0.25, 0.3) is 0 Å². The lowest BCUT2D eigenvalue weighted by Gasteiger charge is -2.10. The summed E-state index contributed by atoms with van der Waals surface area (Å²) in [7, 11) is 0. The van der Waals surface area contributed by atoms with Crippen LogP contribution >= 0.6 is 0 Å². The molecule has 0 aliphatic heterocycles. The van der Waals surface area contributed by atoms with Gasteiger partial charge in [0.25, 0.3) is 0 Å². The van der Waals surface area contributed by atoms with Crippen LogP contribution in [0, 0.1) is 12.7 Å². The average molecular weight is 247 g/mol. The zero-order valence-corrected chi connectivity index (χ0v) is 9.55. The van der Waals surface area contributed by atoms with Gasteiger partial charge in [-0.3, -0.25) is 4.98 Å². The number of aromatic carboxylic acids is 1. The monoisotopic (exact) mass is 247 g/mol. The van der Waals surface area contributed by atoms with Gasteiger partial charge in [0.1, 0.15) is 22.9 Å². The molecule has 18 heavy (non-hydrogen) atoms. The van der Waals surface area contributed by atoms with Crippen LogP contribution in [0.3, 0.4) is 0 Å². The molecule has 0 saturated heterocycles. The van der Waals surface area contributed by atoms with E-state index in [0.717, 1.165) is 11.6 Å². The van der Waals surface area contributed by atoms with Crippen LogP contribution in [-0.4, -0.2) is 16.1 Å². The maximum atomic E-state index is 13.4. The normalized spacial score (nSPS) is 10.1. The molecule has 92 valence electrons. The molecule has 0 aliphatic carbocycles. The van der Waals surface area contributed by atoms with E-state index in [4.69, 9.17) is 9.84 Å². The smallest absolute Gasteiger partial charge is 0.342 e. The molecule has 1 N–H and O–H groups in total. The minimum atomic E-state index is -1.37. The number of ether oxygens (including phenoxy) is 1. The molecular formula is C13H10FNO3. The van der Waals surface area contributed by atoms with Gasteiger partial charge in [0.2, 0.25) is 0 Å². The number of carboxylic acids is 1. The molecule has 5 heteroatoms. The van der Waals surface area contributed by atoms with Gasteiger partial charge in [0, 0.05) is 18.0 Å². The predicted molar refractivity (Wildman–Crippen MR) is 62.4 cm³/mol. The maximum Gasteiger partial charge on any atom is 0.342 e. The number of benzene rings is 1. The van der Waals surface area contributed by atoms with E-state index < -0.39 is 17.3 Å². The zero-order chi connectivity index (χ0) is 13.1. The fourth-order valence-electron chi connectivity index (χ4n) is 1.49. The fraction of sp³-hybridized carbons (Fsp3) is 0.0769. The molecule has 0 unspecified atom stereocenters. The van der Waals surface area contributed by atoms with Gasteiger partial charge in [0.05, 0.1) is 0 Å². The Hall–Kier alpha value is -2.43. The van der Waals surface area contributed by atoms with Gasteiger partial charge in [-0.15, -0.1) is 0 Å². The van der Waals surface area contributed by atoms with Crippen molar-refractivity contribution in [1.82, 2.24) is 4.98 Å². The number of hydrogen-bond donors (Lipinski definition) is 1. The summed E-state index contributed by atoms with van der Waals surface area (Å²) in [5, 5.41) is 8.96. The summed E-state index contributed by atoms with van der Waals surface area (Å²) < 4.78 is 18.9. The largest absolute Gasteiger partial charge is 0.477 e. The second-order valence-electron chi connectivity index (χ2n) is 3.66. The van der Waals surface area contributed by atoms with E-state index in [2.05, 4.69) is 4.98 Å². The van der Waals surface area contributed by atoms with E-state index in [1.807, 2.05) is 0 Å². The lowest BCUT2D eigenvalue weighted by molar-refractivity contribution is 0.0689. The van der Waals surface area contributed by atoms with Gasteiger partial charge in [-0.1, -0.05) is 6.07 Å². The summed E-state index contributed by atoms with van der Waals surface area (Å²) in [4.78, 5) is 14.9. The topological polar surface area (TPSA) is 59.4 Å². The molecule has 0 amide bonds. The van der Waals surface area contributed by atoms with E-state index >= 15 is 0 Å². The molecule has 0 radical (unpaired) electrons. The third-order valence-corrected chi connectivity index (χ3v) is 2.38. The Labute approximate surface area is 103 Å². The van der Waals surface area contributed by atoms with Gasteiger partial charge in [-0.05, 0) is 25.1 Å². The molecule has 4 nitrogen and oxygen atoms in total. The number of nitrogens with zero attached hydrogens (tertiary/aromatic N) is 1. The average Bonchev–Trinajstić information content (AvgIpc) is 2.31. The van der Waals surface area contributed by atoms with Crippen molar-refractivity contribution in [2.75, 3.05) is 0 Å². The van der Waals surface area contributed by atoms with Crippen molar-refractivity contribution in [1.29, 1.82) is 0 Å². The molecular weight excluding hydrogens is 237 g/mol. The Morgan fingerprint density at radius 2 is 2.11 bits per heavy atom. The van der Waals surface area contributed by atoms with Crippen LogP contribution < -0.4 is 4.74 Å².